The lowest BCUT2D eigenvalue weighted by molar-refractivity contribution is -0.143. The molecule has 6 nitrogen and oxygen atoms in total. The van der Waals surface area contributed by atoms with Crippen molar-refractivity contribution in [1.29, 1.82) is 0 Å². The maximum Gasteiger partial charge on any atom is 0.254 e. The molecule has 0 radical (unpaired) electrons. The van der Waals surface area contributed by atoms with Crippen molar-refractivity contribution in [2.24, 2.45) is 5.73 Å². The standard InChI is InChI=1S/C16H24N2O4/c1-4-18(11-14(21-5-2)22-6-3)16(20)13-9-7-12(8-10-13)15(17)19/h7-10,14H,4-6,11H2,1-3H3,(H2,17,19). The number of nitrogens with zero attached hydrogens (tertiary/aromatic N) is 1. The Hall–Kier alpha value is -1.92. The van der Waals surface area contributed by atoms with Gasteiger partial charge in [-0.25, -0.2) is 0 Å². The zero-order valence-corrected chi connectivity index (χ0v) is 13.4. The van der Waals surface area contributed by atoms with Crippen molar-refractivity contribution in [3.63, 3.8) is 0 Å². The first-order chi connectivity index (χ1) is 10.5. The number of carbonyl (C=O) groups excluding carboxylic acids is 2. The van der Waals surface area contributed by atoms with Crippen molar-refractivity contribution < 1.29 is 19.1 Å². The lowest BCUT2D eigenvalue weighted by Gasteiger charge is -2.26. The monoisotopic (exact) mass is 308 g/mol. The van der Waals surface area contributed by atoms with Gasteiger partial charge < -0.3 is 20.1 Å². The molecule has 0 aromatic heterocycles. The summed E-state index contributed by atoms with van der Waals surface area (Å²) in [5.74, 6) is -0.651. The van der Waals surface area contributed by atoms with E-state index in [1.807, 2.05) is 20.8 Å². The molecule has 1 aromatic rings. The normalized spacial score (nSPS) is 10.7. The molecule has 0 aliphatic heterocycles. The number of likely N-dealkylation sites (N-methyl/N-ethyl adjacent to an activating group) is 1. The summed E-state index contributed by atoms with van der Waals surface area (Å²) in [5, 5.41) is 0. The van der Waals surface area contributed by atoms with Crippen LogP contribution < -0.4 is 5.73 Å². The van der Waals surface area contributed by atoms with E-state index < -0.39 is 12.2 Å². The smallest absolute Gasteiger partial charge is 0.254 e. The highest BCUT2D eigenvalue weighted by Crippen LogP contribution is 2.09. The number of primary amides is 1. The quantitative estimate of drug-likeness (QED) is 0.703. The van der Waals surface area contributed by atoms with E-state index in [1.165, 1.54) is 0 Å². The van der Waals surface area contributed by atoms with Crippen LogP contribution in [0.1, 0.15) is 41.5 Å². The van der Waals surface area contributed by atoms with E-state index in [4.69, 9.17) is 15.2 Å². The number of amides is 2. The number of carbonyl (C=O) groups is 2. The Labute approximate surface area is 131 Å². The maximum absolute atomic E-state index is 12.5. The average Bonchev–Trinajstić information content (AvgIpc) is 2.52. The minimum absolute atomic E-state index is 0.136. The molecule has 6 heteroatoms. The SMILES string of the molecule is CCOC(CN(CC)C(=O)c1ccc(C(N)=O)cc1)OCC. The topological polar surface area (TPSA) is 81.9 Å². The third-order valence-electron chi connectivity index (χ3n) is 3.16. The number of hydrogen-bond acceptors (Lipinski definition) is 4. The summed E-state index contributed by atoms with van der Waals surface area (Å²) in [5.41, 5.74) is 6.07. The molecule has 0 fully saturated rings. The van der Waals surface area contributed by atoms with Gasteiger partial charge in [0.05, 0.1) is 6.54 Å². The molecule has 0 saturated carbocycles. The van der Waals surface area contributed by atoms with Gasteiger partial charge in [-0.2, -0.15) is 0 Å². The fourth-order valence-corrected chi connectivity index (χ4v) is 2.02. The largest absolute Gasteiger partial charge is 0.366 e. The molecule has 0 bridgehead atoms. The van der Waals surface area contributed by atoms with Gasteiger partial charge in [-0.3, -0.25) is 9.59 Å². The van der Waals surface area contributed by atoms with Crippen LogP contribution in [0.4, 0.5) is 0 Å². The van der Waals surface area contributed by atoms with Crippen LogP contribution in [-0.4, -0.2) is 49.3 Å². The summed E-state index contributed by atoms with van der Waals surface area (Å²) >= 11 is 0. The van der Waals surface area contributed by atoms with Crippen molar-refractivity contribution in [2.45, 2.75) is 27.1 Å². The second-order valence-electron chi connectivity index (χ2n) is 4.63. The molecular formula is C16H24N2O4. The Morgan fingerprint density at radius 2 is 1.55 bits per heavy atom. The molecular weight excluding hydrogens is 284 g/mol. The molecule has 0 unspecified atom stereocenters. The Balaban J connectivity index is 2.80. The Morgan fingerprint density at radius 1 is 1.05 bits per heavy atom. The summed E-state index contributed by atoms with van der Waals surface area (Å²) in [4.78, 5) is 25.2. The van der Waals surface area contributed by atoms with E-state index in [-0.39, 0.29) is 5.91 Å². The molecule has 0 aliphatic rings. The Kier molecular flexibility index (Phi) is 7.56. The first kappa shape index (κ1) is 18.1. The van der Waals surface area contributed by atoms with Crippen molar-refractivity contribution in [2.75, 3.05) is 26.3 Å². The van der Waals surface area contributed by atoms with Gasteiger partial charge in [0.2, 0.25) is 5.91 Å². The summed E-state index contributed by atoms with van der Waals surface area (Å²) in [6, 6.07) is 6.29. The van der Waals surface area contributed by atoms with Crippen LogP contribution in [0.3, 0.4) is 0 Å². The first-order valence-corrected chi connectivity index (χ1v) is 7.45. The van der Waals surface area contributed by atoms with Crippen LogP contribution in [0, 0.1) is 0 Å². The molecule has 1 aromatic carbocycles. The summed E-state index contributed by atoms with van der Waals surface area (Å²) < 4.78 is 10.9. The minimum Gasteiger partial charge on any atom is -0.366 e. The van der Waals surface area contributed by atoms with Crippen molar-refractivity contribution in [3.05, 3.63) is 35.4 Å². The minimum atomic E-state index is -0.515. The maximum atomic E-state index is 12.5. The predicted molar refractivity (Wildman–Crippen MR) is 83.6 cm³/mol. The van der Waals surface area contributed by atoms with E-state index in [9.17, 15) is 9.59 Å². The fourth-order valence-electron chi connectivity index (χ4n) is 2.02. The second-order valence-corrected chi connectivity index (χ2v) is 4.63. The van der Waals surface area contributed by atoms with Gasteiger partial charge in [-0.1, -0.05) is 0 Å². The number of ether oxygens (including phenoxy) is 2. The van der Waals surface area contributed by atoms with Gasteiger partial charge in [0.15, 0.2) is 6.29 Å². The molecule has 122 valence electrons. The van der Waals surface area contributed by atoms with Crippen LogP contribution in [0.15, 0.2) is 24.3 Å². The molecule has 2 N–H and O–H groups in total. The van der Waals surface area contributed by atoms with E-state index in [0.29, 0.717) is 37.4 Å². The Morgan fingerprint density at radius 3 is 1.95 bits per heavy atom. The van der Waals surface area contributed by atoms with Gasteiger partial charge in [-0.15, -0.1) is 0 Å². The predicted octanol–water partition coefficient (Wildman–Crippen LogP) is 1.65. The molecule has 0 heterocycles. The second kappa shape index (κ2) is 9.17. The first-order valence-electron chi connectivity index (χ1n) is 7.45. The zero-order valence-electron chi connectivity index (χ0n) is 13.4. The van der Waals surface area contributed by atoms with E-state index in [2.05, 4.69) is 0 Å². The summed E-state index contributed by atoms with van der Waals surface area (Å²) in [6.45, 7) is 7.58. The zero-order chi connectivity index (χ0) is 16.5. The van der Waals surface area contributed by atoms with E-state index in [0.717, 1.165) is 0 Å². The van der Waals surface area contributed by atoms with Crippen molar-refractivity contribution in [1.82, 2.24) is 4.90 Å². The van der Waals surface area contributed by atoms with Gasteiger partial charge in [0, 0.05) is 30.9 Å². The molecule has 1 rings (SSSR count). The lowest BCUT2D eigenvalue weighted by Crippen LogP contribution is -2.39. The molecule has 0 aliphatic carbocycles. The van der Waals surface area contributed by atoms with Gasteiger partial charge in [0.25, 0.3) is 5.91 Å². The summed E-state index contributed by atoms with van der Waals surface area (Å²) in [6.07, 6.45) is -0.441. The van der Waals surface area contributed by atoms with Crippen molar-refractivity contribution >= 4 is 11.8 Å². The van der Waals surface area contributed by atoms with Gasteiger partial charge >= 0.3 is 0 Å². The third kappa shape index (κ3) is 5.13. The summed E-state index contributed by atoms with van der Waals surface area (Å²) in [7, 11) is 0. The van der Waals surface area contributed by atoms with E-state index in [1.54, 1.807) is 29.2 Å². The van der Waals surface area contributed by atoms with Crippen LogP contribution in [-0.2, 0) is 9.47 Å². The molecule has 0 atom stereocenters. The molecule has 22 heavy (non-hydrogen) atoms. The van der Waals surface area contributed by atoms with Crippen LogP contribution in [0.5, 0.6) is 0 Å². The highest BCUT2D eigenvalue weighted by atomic mass is 16.7. The van der Waals surface area contributed by atoms with Gasteiger partial charge in [0.1, 0.15) is 0 Å². The molecule has 2 amide bonds. The number of benzene rings is 1. The fraction of sp³-hybridized carbons (Fsp3) is 0.500. The molecule has 0 saturated heterocycles. The third-order valence-corrected chi connectivity index (χ3v) is 3.16. The number of rotatable bonds is 9. The Bertz CT molecular complexity index is 481. The number of hydrogen-bond donors (Lipinski definition) is 1. The molecule has 0 spiro atoms. The van der Waals surface area contributed by atoms with Crippen LogP contribution in [0.25, 0.3) is 0 Å². The highest BCUT2D eigenvalue weighted by molar-refractivity contribution is 5.97. The van der Waals surface area contributed by atoms with Crippen LogP contribution >= 0.6 is 0 Å². The van der Waals surface area contributed by atoms with Crippen LogP contribution in [0.2, 0.25) is 0 Å². The van der Waals surface area contributed by atoms with Crippen molar-refractivity contribution in [3.8, 4) is 0 Å². The van der Waals surface area contributed by atoms with Gasteiger partial charge in [-0.05, 0) is 45.0 Å². The average molecular weight is 308 g/mol. The van der Waals surface area contributed by atoms with E-state index >= 15 is 0 Å². The number of nitrogens with two attached hydrogens (primary N) is 1. The highest BCUT2D eigenvalue weighted by Gasteiger charge is 2.19. The lowest BCUT2D eigenvalue weighted by atomic mass is 10.1.